The zero-order valence-corrected chi connectivity index (χ0v) is 11.6. The van der Waals surface area contributed by atoms with Gasteiger partial charge >= 0.3 is 0 Å². The summed E-state index contributed by atoms with van der Waals surface area (Å²) in [5, 5.41) is 22.2. The van der Waals surface area contributed by atoms with Crippen LogP contribution in [0.3, 0.4) is 0 Å². The van der Waals surface area contributed by atoms with Gasteiger partial charge in [0.05, 0.1) is 12.2 Å². The number of rotatable bonds is 7. The molecule has 0 aromatic carbocycles. The highest BCUT2D eigenvalue weighted by atomic mass is 16.3. The number of unbranched alkanes of at least 4 members (excludes halogenated alkanes) is 1. The zero-order chi connectivity index (χ0) is 14.3. The number of aliphatic hydroxyl groups excluding tert-OH is 2. The topological polar surface area (TPSA) is 69.6 Å². The van der Waals surface area contributed by atoms with Crippen molar-refractivity contribution in [2.45, 2.75) is 44.3 Å². The summed E-state index contributed by atoms with van der Waals surface area (Å²) in [4.78, 5) is 11.0. The Morgan fingerprint density at radius 2 is 2.11 bits per heavy atom. The minimum Gasteiger partial charge on any atom is -0.393 e. The second-order valence-corrected chi connectivity index (χ2v) is 5.12. The summed E-state index contributed by atoms with van der Waals surface area (Å²) in [6.07, 6.45) is 8.31. The lowest BCUT2D eigenvalue weighted by molar-refractivity contribution is -0.120. The molecule has 1 amide bonds. The Balaban J connectivity index is 2.27. The molecule has 0 spiro atoms. The molecule has 0 heterocycles. The number of carbonyl (C=O) groups excluding carboxylic acids is 1. The van der Waals surface area contributed by atoms with Crippen molar-refractivity contribution in [2.75, 3.05) is 7.05 Å². The van der Waals surface area contributed by atoms with Gasteiger partial charge in [0.1, 0.15) is 0 Å². The molecule has 1 rings (SSSR count). The Bertz CT molecular complexity index is 327. The van der Waals surface area contributed by atoms with E-state index in [-0.39, 0.29) is 17.7 Å². The van der Waals surface area contributed by atoms with E-state index in [0.29, 0.717) is 12.8 Å². The second kappa shape index (κ2) is 8.12. The van der Waals surface area contributed by atoms with Gasteiger partial charge in [0.15, 0.2) is 0 Å². The van der Waals surface area contributed by atoms with Crippen LogP contribution in [0, 0.1) is 11.8 Å². The van der Waals surface area contributed by atoms with Gasteiger partial charge < -0.3 is 15.5 Å². The number of amides is 1. The Morgan fingerprint density at radius 3 is 2.74 bits per heavy atom. The number of hydrogen-bond acceptors (Lipinski definition) is 3. The monoisotopic (exact) mass is 267 g/mol. The Hall–Kier alpha value is -1.13. The summed E-state index contributed by atoms with van der Waals surface area (Å²) < 4.78 is 0. The van der Waals surface area contributed by atoms with Crippen LogP contribution in [-0.4, -0.2) is 35.4 Å². The fraction of sp³-hybridized carbons (Fsp3) is 0.667. The largest absolute Gasteiger partial charge is 0.393 e. The van der Waals surface area contributed by atoms with Crippen molar-refractivity contribution in [1.29, 1.82) is 0 Å². The number of hydrogen-bond donors (Lipinski definition) is 3. The molecule has 1 fully saturated rings. The molecule has 4 nitrogen and oxygen atoms in total. The molecule has 1 aliphatic carbocycles. The third kappa shape index (κ3) is 4.80. The van der Waals surface area contributed by atoms with Gasteiger partial charge in [-0.2, -0.15) is 0 Å². The summed E-state index contributed by atoms with van der Waals surface area (Å²) in [6, 6.07) is 0. The molecule has 0 bridgehead atoms. The van der Waals surface area contributed by atoms with Gasteiger partial charge in [-0.05, 0) is 25.2 Å². The molecule has 19 heavy (non-hydrogen) atoms. The Morgan fingerprint density at radius 1 is 1.37 bits per heavy atom. The normalized spacial score (nSPS) is 30.7. The smallest absolute Gasteiger partial charge is 0.219 e. The van der Waals surface area contributed by atoms with Crippen LogP contribution in [0.2, 0.25) is 0 Å². The highest BCUT2D eigenvalue weighted by Gasteiger charge is 2.38. The molecule has 3 N–H and O–H groups in total. The minimum absolute atomic E-state index is 0.0227. The van der Waals surface area contributed by atoms with Crippen molar-refractivity contribution in [3.63, 3.8) is 0 Å². The molecule has 4 unspecified atom stereocenters. The second-order valence-electron chi connectivity index (χ2n) is 5.12. The molecular formula is C15H25NO3. The van der Waals surface area contributed by atoms with E-state index in [1.165, 1.54) is 0 Å². The van der Waals surface area contributed by atoms with Gasteiger partial charge in [-0.25, -0.2) is 0 Å². The lowest BCUT2D eigenvalue weighted by Crippen LogP contribution is -2.19. The van der Waals surface area contributed by atoms with Crippen molar-refractivity contribution < 1.29 is 15.0 Å². The summed E-state index contributed by atoms with van der Waals surface area (Å²) in [5.41, 5.74) is 0. The van der Waals surface area contributed by atoms with Crippen LogP contribution in [-0.2, 0) is 4.79 Å². The van der Waals surface area contributed by atoms with E-state index in [4.69, 9.17) is 0 Å². The van der Waals surface area contributed by atoms with E-state index in [9.17, 15) is 15.0 Å². The number of nitrogens with one attached hydrogen (secondary N) is 1. The van der Waals surface area contributed by atoms with Gasteiger partial charge in [0, 0.05) is 25.8 Å². The van der Waals surface area contributed by atoms with Crippen LogP contribution in [0.15, 0.2) is 24.8 Å². The summed E-state index contributed by atoms with van der Waals surface area (Å²) in [6.45, 7) is 3.72. The van der Waals surface area contributed by atoms with Crippen molar-refractivity contribution in [1.82, 2.24) is 5.32 Å². The van der Waals surface area contributed by atoms with Crippen molar-refractivity contribution in [3.05, 3.63) is 24.8 Å². The SMILES string of the molecule is C=CC1C(O)CC(O)C1CC=CCCCC(=O)NC. The molecule has 4 atom stereocenters. The maximum absolute atomic E-state index is 11.0. The maximum atomic E-state index is 11.0. The van der Waals surface area contributed by atoms with Gasteiger partial charge in [-0.15, -0.1) is 6.58 Å². The van der Waals surface area contributed by atoms with E-state index in [0.717, 1.165) is 19.3 Å². The molecule has 1 saturated carbocycles. The number of carbonyl (C=O) groups is 1. The van der Waals surface area contributed by atoms with Crippen molar-refractivity contribution in [3.8, 4) is 0 Å². The van der Waals surface area contributed by atoms with Gasteiger partial charge in [0.2, 0.25) is 5.91 Å². The molecule has 0 aromatic rings. The molecule has 1 aliphatic rings. The Kier molecular flexibility index (Phi) is 6.81. The van der Waals surface area contributed by atoms with Gasteiger partial charge in [-0.1, -0.05) is 18.2 Å². The molecular weight excluding hydrogens is 242 g/mol. The summed E-state index contributed by atoms with van der Waals surface area (Å²) in [7, 11) is 1.64. The highest BCUT2D eigenvalue weighted by molar-refractivity contribution is 5.75. The van der Waals surface area contributed by atoms with Crippen LogP contribution in [0.25, 0.3) is 0 Å². The van der Waals surface area contributed by atoms with Crippen LogP contribution in [0.5, 0.6) is 0 Å². The average molecular weight is 267 g/mol. The quantitative estimate of drug-likeness (QED) is 0.482. The van der Waals surface area contributed by atoms with E-state index >= 15 is 0 Å². The fourth-order valence-electron chi connectivity index (χ4n) is 2.64. The summed E-state index contributed by atoms with van der Waals surface area (Å²) >= 11 is 0. The molecule has 108 valence electrons. The van der Waals surface area contributed by atoms with E-state index in [2.05, 4.69) is 11.9 Å². The first kappa shape index (κ1) is 15.9. The first-order valence-electron chi connectivity index (χ1n) is 6.94. The standard InChI is InChI=1S/C15H25NO3/c1-3-11-12(14(18)10-13(11)17)8-6-4-5-7-9-15(19)16-2/h3-4,6,11-14,17-18H,1,5,7-10H2,2H3,(H,16,19). The average Bonchev–Trinajstić information content (AvgIpc) is 2.67. The zero-order valence-electron chi connectivity index (χ0n) is 11.6. The number of aliphatic hydroxyl groups is 2. The van der Waals surface area contributed by atoms with Crippen molar-refractivity contribution in [2.24, 2.45) is 11.8 Å². The minimum atomic E-state index is -0.473. The maximum Gasteiger partial charge on any atom is 0.219 e. The molecule has 0 aliphatic heterocycles. The van der Waals surface area contributed by atoms with Crippen LogP contribution in [0.4, 0.5) is 0 Å². The predicted octanol–water partition coefficient (Wildman–Crippen LogP) is 1.39. The van der Waals surface area contributed by atoms with Gasteiger partial charge in [-0.3, -0.25) is 4.79 Å². The molecule has 0 aromatic heterocycles. The van der Waals surface area contributed by atoms with Gasteiger partial charge in [0.25, 0.3) is 0 Å². The van der Waals surface area contributed by atoms with E-state index < -0.39 is 12.2 Å². The number of allylic oxidation sites excluding steroid dienone is 2. The van der Waals surface area contributed by atoms with E-state index in [1.807, 2.05) is 12.2 Å². The first-order chi connectivity index (χ1) is 9.10. The molecule has 4 heteroatoms. The summed E-state index contributed by atoms with van der Waals surface area (Å²) in [5.74, 6) is 0.0997. The Labute approximate surface area is 115 Å². The first-order valence-corrected chi connectivity index (χ1v) is 6.94. The third-order valence-corrected chi connectivity index (χ3v) is 3.82. The lowest BCUT2D eigenvalue weighted by atomic mass is 9.90. The van der Waals surface area contributed by atoms with Crippen LogP contribution >= 0.6 is 0 Å². The van der Waals surface area contributed by atoms with Crippen LogP contribution < -0.4 is 5.32 Å². The molecule has 0 saturated heterocycles. The fourth-order valence-corrected chi connectivity index (χ4v) is 2.64. The van der Waals surface area contributed by atoms with Crippen molar-refractivity contribution >= 4 is 5.91 Å². The van der Waals surface area contributed by atoms with Crippen LogP contribution in [0.1, 0.15) is 32.1 Å². The highest BCUT2D eigenvalue weighted by Crippen LogP contribution is 2.35. The lowest BCUT2D eigenvalue weighted by Gasteiger charge is -2.18. The third-order valence-electron chi connectivity index (χ3n) is 3.82. The molecule has 0 radical (unpaired) electrons. The predicted molar refractivity (Wildman–Crippen MR) is 75.5 cm³/mol. The van der Waals surface area contributed by atoms with E-state index in [1.54, 1.807) is 13.1 Å².